The van der Waals surface area contributed by atoms with Crippen molar-refractivity contribution in [3.8, 4) is 0 Å². The van der Waals surface area contributed by atoms with E-state index in [9.17, 15) is 4.79 Å². The first-order chi connectivity index (χ1) is 12.7. The highest BCUT2D eigenvalue weighted by Crippen LogP contribution is 2.13. The highest BCUT2D eigenvalue weighted by Gasteiger charge is 2.04. The predicted octanol–water partition coefficient (Wildman–Crippen LogP) is 2.80. The topological polar surface area (TPSA) is 83.6 Å². The Balaban J connectivity index is 1.46. The summed E-state index contributed by atoms with van der Waals surface area (Å²) in [5.41, 5.74) is 3.82. The first kappa shape index (κ1) is 18.1. The van der Waals surface area contributed by atoms with Crippen molar-refractivity contribution in [3.63, 3.8) is 0 Å². The number of aryl methyl sites for hydroxylation is 1. The molecule has 0 spiro atoms. The van der Waals surface area contributed by atoms with E-state index < -0.39 is 0 Å². The summed E-state index contributed by atoms with van der Waals surface area (Å²) in [6.07, 6.45) is 7.44. The Morgan fingerprint density at radius 1 is 1.15 bits per heavy atom. The second-order valence-corrected chi connectivity index (χ2v) is 6.98. The fourth-order valence-electron chi connectivity index (χ4n) is 2.44. The molecule has 3 aromatic rings. The van der Waals surface area contributed by atoms with E-state index in [1.165, 1.54) is 5.56 Å². The predicted molar refractivity (Wildman–Crippen MR) is 106 cm³/mol. The molecule has 0 saturated heterocycles. The number of aromatic amines is 1. The third kappa shape index (κ3) is 5.16. The molecule has 26 heavy (non-hydrogen) atoms. The normalized spacial score (nSPS) is 10.7. The van der Waals surface area contributed by atoms with Crippen LogP contribution in [0.5, 0.6) is 0 Å². The molecular formula is C19H21N5OS. The zero-order chi connectivity index (χ0) is 18.2. The van der Waals surface area contributed by atoms with Crippen LogP contribution in [0.4, 0.5) is 5.95 Å². The Kier molecular flexibility index (Phi) is 6.38. The molecule has 0 bridgehead atoms. The van der Waals surface area contributed by atoms with Gasteiger partial charge in [-0.05, 0) is 30.2 Å². The van der Waals surface area contributed by atoms with Crippen LogP contribution in [-0.2, 0) is 12.2 Å². The molecule has 0 amide bonds. The number of hydrogen-bond donors (Lipinski definition) is 2. The van der Waals surface area contributed by atoms with Gasteiger partial charge in [-0.15, -0.1) is 0 Å². The number of rotatable bonds is 8. The quantitative estimate of drug-likeness (QED) is 0.596. The highest BCUT2D eigenvalue weighted by atomic mass is 32.2. The maximum atomic E-state index is 12.2. The van der Waals surface area contributed by atoms with Crippen molar-refractivity contribution in [1.29, 1.82) is 0 Å². The van der Waals surface area contributed by atoms with Crippen LogP contribution >= 0.6 is 11.8 Å². The lowest BCUT2D eigenvalue weighted by atomic mass is 10.1. The van der Waals surface area contributed by atoms with Crippen molar-refractivity contribution >= 4 is 17.7 Å². The minimum absolute atomic E-state index is 0.122. The fraction of sp³-hybridized carbons (Fsp3) is 0.263. The lowest BCUT2D eigenvalue weighted by Gasteiger charge is -2.07. The Morgan fingerprint density at radius 2 is 2.04 bits per heavy atom. The standard InChI is InChI=1S/C19H21N5OS/c1-14-4-2-7-21-17(14)13-26-9-8-22-19-23-12-16(18(25)24-19)10-15-5-3-6-20-11-15/h2-7,11-12H,8-10,13H2,1H3,(H2,22,23,24,25). The molecule has 3 heterocycles. The Labute approximate surface area is 156 Å². The summed E-state index contributed by atoms with van der Waals surface area (Å²) in [5, 5.41) is 3.16. The average Bonchev–Trinajstić information content (AvgIpc) is 2.66. The van der Waals surface area contributed by atoms with Crippen LogP contribution in [0.2, 0.25) is 0 Å². The van der Waals surface area contributed by atoms with Crippen LogP contribution in [0.3, 0.4) is 0 Å². The van der Waals surface area contributed by atoms with Gasteiger partial charge in [0.1, 0.15) is 0 Å². The summed E-state index contributed by atoms with van der Waals surface area (Å²) in [7, 11) is 0. The number of H-pyrrole nitrogens is 1. The molecule has 0 aliphatic rings. The van der Waals surface area contributed by atoms with E-state index in [0.29, 0.717) is 17.9 Å². The van der Waals surface area contributed by atoms with E-state index in [2.05, 4.69) is 38.2 Å². The summed E-state index contributed by atoms with van der Waals surface area (Å²) >= 11 is 1.80. The van der Waals surface area contributed by atoms with Gasteiger partial charge in [-0.3, -0.25) is 19.7 Å². The maximum Gasteiger partial charge on any atom is 0.255 e. The summed E-state index contributed by atoms with van der Waals surface area (Å²) < 4.78 is 0. The summed E-state index contributed by atoms with van der Waals surface area (Å²) in [5.74, 6) is 2.28. The number of nitrogens with zero attached hydrogens (tertiary/aromatic N) is 3. The third-order valence-corrected chi connectivity index (χ3v) is 4.86. The van der Waals surface area contributed by atoms with Crippen LogP contribution in [0.25, 0.3) is 0 Å². The molecule has 0 unspecified atom stereocenters. The molecule has 0 saturated carbocycles. The van der Waals surface area contributed by atoms with Crippen molar-refractivity contribution in [3.05, 3.63) is 81.8 Å². The van der Waals surface area contributed by atoms with Gasteiger partial charge < -0.3 is 5.32 Å². The molecular weight excluding hydrogens is 346 g/mol. The molecule has 2 N–H and O–H groups in total. The molecule has 0 radical (unpaired) electrons. The molecule has 7 heteroatoms. The zero-order valence-electron chi connectivity index (χ0n) is 14.6. The number of nitrogens with one attached hydrogen (secondary N) is 2. The van der Waals surface area contributed by atoms with E-state index in [4.69, 9.17) is 0 Å². The van der Waals surface area contributed by atoms with Gasteiger partial charge in [-0.2, -0.15) is 11.8 Å². The molecule has 0 atom stereocenters. The number of aromatic nitrogens is 4. The van der Waals surface area contributed by atoms with Gasteiger partial charge in [0, 0.05) is 54.8 Å². The second kappa shape index (κ2) is 9.15. The fourth-order valence-corrected chi connectivity index (χ4v) is 3.33. The summed E-state index contributed by atoms with van der Waals surface area (Å²) in [6, 6.07) is 7.82. The van der Waals surface area contributed by atoms with Gasteiger partial charge in [-0.1, -0.05) is 12.1 Å². The van der Waals surface area contributed by atoms with Crippen LogP contribution in [0, 0.1) is 6.92 Å². The first-order valence-electron chi connectivity index (χ1n) is 8.41. The Bertz CT molecular complexity index is 898. The zero-order valence-corrected chi connectivity index (χ0v) is 15.4. The number of thioether (sulfide) groups is 1. The Morgan fingerprint density at radius 3 is 2.81 bits per heavy atom. The van der Waals surface area contributed by atoms with Gasteiger partial charge in [0.05, 0.1) is 5.69 Å². The largest absolute Gasteiger partial charge is 0.355 e. The van der Waals surface area contributed by atoms with E-state index in [1.54, 1.807) is 30.4 Å². The number of hydrogen-bond acceptors (Lipinski definition) is 6. The molecule has 0 fully saturated rings. The summed E-state index contributed by atoms with van der Waals surface area (Å²) in [4.78, 5) is 27.7. The van der Waals surface area contributed by atoms with Crippen molar-refractivity contribution in [2.24, 2.45) is 0 Å². The highest BCUT2D eigenvalue weighted by molar-refractivity contribution is 7.98. The van der Waals surface area contributed by atoms with Gasteiger partial charge in [-0.25, -0.2) is 4.98 Å². The minimum Gasteiger partial charge on any atom is -0.355 e. The first-order valence-corrected chi connectivity index (χ1v) is 9.57. The average molecular weight is 367 g/mol. The maximum absolute atomic E-state index is 12.2. The SMILES string of the molecule is Cc1cccnc1CSCCNc1ncc(Cc2cccnc2)c(=O)[nH]1. The van der Waals surface area contributed by atoms with E-state index in [1.807, 2.05) is 24.4 Å². The van der Waals surface area contributed by atoms with Gasteiger partial charge >= 0.3 is 0 Å². The van der Waals surface area contributed by atoms with E-state index in [0.717, 1.165) is 29.3 Å². The number of pyridine rings is 2. The molecule has 6 nitrogen and oxygen atoms in total. The van der Waals surface area contributed by atoms with Crippen LogP contribution in [0.1, 0.15) is 22.4 Å². The monoisotopic (exact) mass is 367 g/mol. The summed E-state index contributed by atoms with van der Waals surface area (Å²) in [6.45, 7) is 2.80. The van der Waals surface area contributed by atoms with Gasteiger partial charge in [0.2, 0.25) is 5.95 Å². The van der Waals surface area contributed by atoms with Gasteiger partial charge in [0.15, 0.2) is 0 Å². The van der Waals surface area contributed by atoms with Crippen LogP contribution in [0.15, 0.2) is 53.8 Å². The van der Waals surface area contributed by atoms with Gasteiger partial charge in [0.25, 0.3) is 5.56 Å². The van der Waals surface area contributed by atoms with Crippen molar-refractivity contribution in [1.82, 2.24) is 19.9 Å². The lowest BCUT2D eigenvalue weighted by molar-refractivity contribution is 1.00. The molecule has 3 aromatic heterocycles. The lowest BCUT2D eigenvalue weighted by Crippen LogP contribution is -2.18. The molecule has 134 valence electrons. The van der Waals surface area contributed by atoms with Crippen LogP contribution in [-0.4, -0.2) is 32.2 Å². The van der Waals surface area contributed by atoms with E-state index in [-0.39, 0.29) is 5.56 Å². The van der Waals surface area contributed by atoms with Crippen molar-refractivity contribution in [2.45, 2.75) is 19.1 Å². The van der Waals surface area contributed by atoms with Crippen molar-refractivity contribution in [2.75, 3.05) is 17.6 Å². The molecule has 3 rings (SSSR count). The smallest absolute Gasteiger partial charge is 0.255 e. The van der Waals surface area contributed by atoms with Crippen LogP contribution < -0.4 is 10.9 Å². The number of anilines is 1. The van der Waals surface area contributed by atoms with Crippen molar-refractivity contribution < 1.29 is 0 Å². The minimum atomic E-state index is -0.122. The molecule has 0 aromatic carbocycles. The molecule has 0 aliphatic carbocycles. The second-order valence-electron chi connectivity index (χ2n) is 5.87. The third-order valence-electron chi connectivity index (χ3n) is 3.89. The van der Waals surface area contributed by atoms with E-state index >= 15 is 0 Å². The molecule has 0 aliphatic heterocycles. The Hall–Kier alpha value is -2.67.